The number of rotatable bonds is 37. The Balaban J connectivity index is 0.821. The smallest absolute Gasteiger partial charge is 0.407 e. The van der Waals surface area contributed by atoms with Gasteiger partial charge in [-0.3, -0.25) is 29.2 Å². The number of carbonyl (C=O) groups excluding carboxylic acids is 6. The topological polar surface area (TPSA) is 873 Å². The molecule has 31 N–H and O–H groups in total. The molecule has 0 spiro atoms. The lowest BCUT2D eigenvalue weighted by Gasteiger charge is -2.51. The Kier molecular flexibility index (Phi) is 38.5. The molecule has 2 aromatic carbocycles. The standard InChI is InChI=1S/C81H120N6O51/c1-24(95)82-44-53(105)64(37(17-91)123-71(44)87-43(99)13-33(72(116)117)86-81(118)121-21-32-30-11-7-5-9-28(30)29-10-6-8-12-31(29)32)132-73-45(83-25(2)96)54(106)67(40(20-94)127-73)135-78-63(115)68(136-80-70(60(112)50(102)36(16-90)126-80)138-75-47(85-27(4)98)56(108)65(38(18-92)129-75)133-76-61(113)57(109)48(100)34(14-88)124-76)52(104)41(130-78)22-120-79-69(59(111)49(101)35(15-89)125-79)137-74-46(84-26(3)97)55(107)66(39(19-93)128-74)134-77-62(114)58(110)51(103)42(131-77)23-122-119/h5-12,32-42,44-71,73-80,88-94,100-115,119H,13-23H2,1-4H3,(H,82,95)(H,83,96)(H,84,97)(H,85,98)(H,86,118)(H,87,99)(H,116,117)/t33?,34?,35?,36?,37?,38?,39?,40?,41?,42?,44?,45?,46?,47?,48?,49?,50?,51?,52?,53-,54-,55?,56?,57?,58?,59?,60?,61?,62?,63?,64+,65?,66?,67+,68?,69?,70?,71-,73+,74?,75?,76?,77?,78?,79?,80?/m1/s1. The maximum Gasteiger partial charge on any atom is 0.407 e. The normalized spacial score (nSPS) is 42.3. The van der Waals surface area contributed by atoms with Crippen LogP contribution in [0.25, 0.3) is 11.1 Å². The first-order chi connectivity index (χ1) is 65.6. The van der Waals surface area contributed by atoms with E-state index in [1.54, 1.807) is 12.1 Å². The average molecular weight is 1990 g/mol. The van der Waals surface area contributed by atoms with Gasteiger partial charge in [0.05, 0.1) is 59.3 Å². The molecule has 9 aliphatic heterocycles. The van der Waals surface area contributed by atoms with Crippen molar-refractivity contribution in [3.63, 3.8) is 0 Å². The van der Waals surface area contributed by atoms with Gasteiger partial charge in [0.25, 0.3) is 0 Å². The third kappa shape index (κ3) is 24.4. The van der Waals surface area contributed by atoms with Crippen LogP contribution in [-0.2, 0) is 119 Å². The summed E-state index contributed by atoms with van der Waals surface area (Å²) >= 11 is 0. The van der Waals surface area contributed by atoms with Gasteiger partial charge in [-0.15, -0.1) is 0 Å². The maximum atomic E-state index is 13.9. The van der Waals surface area contributed by atoms with Crippen molar-refractivity contribution in [3.05, 3.63) is 59.7 Å². The molecule has 57 heteroatoms. The van der Waals surface area contributed by atoms with Crippen LogP contribution in [0.2, 0.25) is 0 Å². The Morgan fingerprint density at radius 3 is 1.06 bits per heavy atom. The molecule has 0 bridgehead atoms. The number of aliphatic hydroxyl groups is 23. The van der Waals surface area contributed by atoms with Gasteiger partial charge in [0, 0.05) is 33.6 Å². The van der Waals surface area contributed by atoms with Crippen molar-refractivity contribution in [2.24, 2.45) is 0 Å². The molecule has 0 aromatic heterocycles. The van der Waals surface area contributed by atoms with Crippen LogP contribution in [-0.4, -0.2) is 518 Å². The van der Waals surface area contributed by atoms with Gasteiger partial charge in [0.2, 0.25) is 29.5 Å². The zero-order valence-corrected chi connectivity index (χ0v) is 73.8. The second kappa shape index (κ2) is 48.5. The Morgan fingerprint density at radius 2 is 0.645 bits per heavy atom. The van der Waals surface area contributed by atoms with E-state index in [-0.39, 0.29) is 6.61 Å². The van der Waals surface area contributed by atoms with E-state index in [0.717, 1.165) is 49.9 Å². The van der Waals surface area contributed by atoms with Crippen LogP contribution in [0.4, 0.5) is 4.79 Å². The molecule has 6 amide bonds. The van der Waals surface area contributed by atoms with Crippen LogP contribution in [0.15, 0.2) is 48.5 Å². The Hall–Kier alpha value is -7.15. The first-order valence-electron chi connectivity index (χ1n) is 43.9. The largest absolute Gasteiger partial charge is 0.480 e. The summed E-state index contributed by atoms with van der Waals surface area (Å²) in [4.78, 5) is 96.3. The number of aliphatic hydroxyl groups excluding tert-OH is 23. The lowest BCUT2D eigenvalue weighted by molar-refractivity contribution is -0.399. The van der Waals surface area contributed by atoms with E-state index in [4.69, 9.17) is 90.5 Å². The molecule has 138 heavy (non-hydrogen) atoms. The molecule has 46 atom stereocenters. The highest BCUT2D eigenvalue weighted by atomic mass is 17.1. The molecule has 12 rings (SSSR count). The first-order valence-corrected chi connectivity index (χ1v) is 43.9. The number of ether oxygens (including phenoxy) is 18. The van der Waals surface area contributed by atoms with E-state index in [1.807, 2.05) is 36.4 Å². The highest BCUT2D eigenvalue weighted by Crippen LogP contribution is 2.46. The number of nitrogens with one attached hydrogen (secondary N) is 6. The fraction of sp³-hybridized carbons (Fsp3) is 0.765. The van der Waals surface area contributed by atoms with E-state index in [1.165, 1.54) is 0 Å². The van der Waals surface area contributed by atoms with Gasteiger partial charge < -0.3 is 240 Å². The lowest BCUT2D eigenvalue weighted by atomic mass is 9.93. The number of aliphatic carboxylic acids is 1. The van der Waals surface area contributed by atoms with Crippen molar-refractivity contribution in [2.45, 2.75) is 322 Å². The molecule has 0 saturated carbocycles. The minimum Gasteiger partial charge on any atom is -0.480 e. The molecule has 2 aromatic rings. The zero-order valence-electron chi connectivity index (χ0n) is 73.8. The van der Waals surface area contributed by atoms with Crippen LogP contribution in [0.1, 0.15) is 51.2 Å². The fourth-order valence-corrected chi connectivity index (χ4v) is 18.0. The van der Waals surface area contributed by atoms with Gasteiger partial charge in [-0.05, 0) is 22.3 Å². The molecule has 1 aliphatic carbocycles. The Bertz CT molecular complexity index is 4270. The number of fused-ring (bicyclic) bond motifs is 3. The Labute approximate surface area is 781 Å². The van der Waals surface area contributed by atoms with Gasteiger partial charge in [0.15, 0.2) is 56.5 Å². The third-order valence-electron chi connectivity index (χ3n) is 25.1. The Morgan fingerprint density at radius 1 is 0.319 bits per heavy atom. The number of alkyl carbamates (subject to hydrolysis) is 1. The monoisotopic (exact) mass is 1990 g/mol. The summed E-state index contributed by atoms with van der Waals surface area (Å²) in [5.41, 5.74) is 3.41. The number of benzene rings is 2. The fourth-order valence-electron chi connectivity index (χ4n) is 18.0. The summed E-state index contributed by atoms with van der Waals surface area (Å²) in [5.74, 6) is -7.30. The van der Waals surface area contributed by atoms with E-state index < -0.39 is 395 Å². The van der Waals surface area contributed by atoms with E-state index in [2.05, 4.69) is 36.8 Å². The quantitative estimate of drug-likeness (QED) is 0.0221. The molecule has 780 valence electrons. The van der Waals surface area contributed by atoms with Crippen LogP contribution in [0.5, 0.6) is 0 Å². The SMILES string of the molecule is CC(=O)NC1C(OC2C(OCC3OC(O[C@H]4C(CO)O[C@@H](O[C@H]5C(CO)O[C@@H](NC(=O)CC(NC(=O)OCC6c7ccccc7-c7ccccc76)C(=O)O)C(NC(C)=O)[C@H]5O)C(NC(C)=O)[C@H]4O)C(O)C(OC4OC(CO)C(O)C(O)C4OC4OC(CO)C(OC5OC(CO)C(O)C(O)C5O)C(O)C4NC(C)=O)C3O)OC(CO)C(O)C2O)OC(CO)C(OC2OC(COO)C(O)C(O)C2O)C1O. The molecule has 9 heterocycles. The van der Waals surface area contributed by atoms with Crippen LogP contribution in [0, 0.1) is 0 Å². The van der Waals surface area contributed by atoms with Gasteiger partial charge in [-0.2, -0.15) is 0 Å². The minimum atomic E-state index is -2.66. The van der Waals surface area contributed by atoms with Crippen LogP contribution < -0.4 is 31.9 Å². The number of carboxylic acids is 1. The van der Waals surface area contributed by atoms with E-state index in [0.29, 0.717) is 0 Å². The summed E-state index contributed by atoms with van der Waals surface area (Å²) in [5, 5.41) is 294. The summed E-state index contributed by atoms with van der Waals surface area (Å²) in [7, 11) is 0. The highest BCUT2D eigenvalue weighted by Gasteiger charge is 2.62. The predicted octanol–water partition coefficient (Wildman–Crippen LogP) is -17.0. The van der Waals surface area contributed by atoms with Gasteiger partial charge in [-0.25, -0.2) is 14.5 Å². The molecular formula is C81H120N6O51. The lowest BCUT2D eigenvalue weighted by Crippen LogP contribution is -2.72. The molecule has 9 saturated heterocycles. The summed E-state index contributed by atoms with van der Waals surface area (Å²) in [6, 6.07) is 4.80. The van der Waals surface area contributed by atoms with Crippen molar-refractivity contribution in [1.82, 2.24) is 31.9 Å². The van der Waals surface area contributed by atoms with Crippen molar-refractivity contribution < 1.29 is 252 Å². The summed E-state index contributed by atoms with van der Waals surface area (Å²) < 4.78 is 108. The second-order valence-electron chi connectivity index (χ2n) is 34.4. The first kappa shape index (κ1) is 110. The van der Waals surface area contributed by atoms with Crippen molar-refractivity contribution in [3.8, 4) is 11.1 Å². The third-order valence-corrected chi connectivity index (χ3v) is 25.1. The highest BCUT2D eigenvalue weighted by molar-refractivity contribution is 5.87. The number of hydrogen-bond donors (Lipinski definition) is 31. The molecule has 9 fully saturated rings. The predicted molar refractivity (Wildman–Crippen MR) is 435 cm³/mol. The van der Waals surface area contributed by atoms with E-state index in [9.17, 15) is 156 Å². The number of amides is 6. The molecule has 40 unspecified atom stereocenters. The molecule has 10 aliphatic rings. The zero-order chi connectivity index (χ0) is 101. The summed E-state index contributed by atoms with van der Waals surface area (Å²) in [6.07, 6.45) is -90.4. The number of carboxylic acid groups (broad SMARTS) is 1. The molecule has 57 nitrogen and oxygen atoms in total. The molecule has 0 radical (unpaired) electrons. The van der Waals surface area contributed by atoms with E-state index >= 15 is 0 Å². The second-order valence-corrected chi connectivity index (χ2v) is 34.4. The molecular weight excluding hydrogens is 1870 g/mol. The number of hydrogen-bond acceptors (Lipinski definition) is 50. The van der Waals surface area contributed by atoms with Gasteiger partial charge >= 0.3 is 12.1 Å². The maximum absolute atomic E-state index is 13.9. The van der Waals surface area contributed by atoms with Gasteiger partial charge in [-0.1, -0.05) is 48.5 Å². The van der Waals surface area contributed by atoms with Crippen molar-refractivity contribution in [2.75, 3.05) is 66.1 Å². The number of carbonyl (C=O) groups is 7. The van der Waals surface area contributed by atoms with Gasteiger partial charge in [0.1, 0.15) is 239 Å². The van der Waals surface area contributed by atoms with Crippen LogP contribution in [0.3, 0.4) is 0 Å². The average Bonchev–Trinajstić information content (AvgIpc) is 1.67. The summed E-state index contributed by atoms with van der Waals surface area (Å²) in [6.45, 7) is -6.83. The van der Waals surface area contributed by atoms with Crippen LogP contribution >= 0.6 is 0 Å². The minimum absolute atomic E-state index is 0.263. The van der Waals surface area contributed by atoms with Crippen molar-refractivity contribution in [1.29, 1.82) is 0 Å². The van der Waals surface area contributed by atoms with Crippen molar-refractivity contribution >= 4 is 41.6 Å².